The van der Waals surface area contributed by atoms with Crippen LogP contribution in [0.3, 0.4) is 0 Å². The standard InChI is InChI=1S/C19H18ClN3O2S/c1-23-10-9-21-19(23)26-17-8-7-15(20)11-16(17)22-18(24)13-25-12-14-5-3-2-4-6-14/h2-11H,12-13H2,1H3,(H,22,24). The molecule has 134 valence electrons. The number of nitrogens with zero attached hydrogens (tertiary/aromatic N) is 2. The molecule has 0 aliphatic carbocycles. The largest absolute Gasteiger partial charge is 0.367 e. The molecule has 0 atom stereocenters. The lowest BCUT2D eigenvalue weighted by Crippen LogP contribution is -2.18. The van der Waals surface area contributed by atoms with Crippen LogP contribution in [0.5, 0.6) is 0 Å². The van der Waals surface area contributed by atoms with E-state index in [1.165, 1.54) is 11.8 Å². The second-order valence-electron chi connectivity index (χ2n) is 5.59. The maximum atomic E-state index is 12.2. The normalized spacial score (nSPS) is 10.7. The first kappa shape index (κ1) is 18.5. The quantitative estimate of drug-likeness (QED) is 0.653. The monoisotopic (exact) mass is 387 g/mol. The van der Waals surface area contributed by atoms with Crippen LogP contribution in [0, 0.1) is 0 Å². The number of halogens is 1. The van der Waals surface area contributed by atoms with Gasteiger partial charge in [-0.1, -0.05) is 41.9 Å². The van der Waals surface area contributed by atoms with E-state index in [4.69, 9.17) is 16.3 Å². The van der Waals surface area contributed by atoms with Gasteiger partial charge in [0.1, 0.15) is 6.61 Å². The minimum Gasteiger partial charge on any atom is -0.367 e. The van der Waals surface area contributed by atoms with Crippen LogP contribution in [-0.4, -0.2) is 22.1 Å². The number of amides is 1. The number of hydrogen-bond donors (Lipinski definition) is 1. The smallest absolute Gasteiger partial charge is 0.250 e. The maximum Gasteiger partial charge on any atom is 0.250 e. The number of hydrogen-bond acceptors (Lipinski definition) is 4. The van der Waals surface area contributed by atoms with Crippen molar-refractivity contribution < 1.29 is 9.53 Å². The van der Waals surface area contributed by atoms with Gasteiger partial charge in [-0.2, -0.15) is 0 Å². The van der Waals surface area contributed by atoms with E-state index in [2.05, 4.69) is 10.3 Å². The Hall–Kier alpha value is -2.28. The van der Waals surface area contributed by atoms with Crippen molar-refractivity contribution in [2.24, 2.45) is 7.05 Å². The van der Waals surface area contributed by atoms with E-state index in [-0.39, 0.29) is 12.5 Å². The van der Waals surface area contributed by atoms with Crippen molar-refractivity contribution in [3.63, 3.8) is 0 Å². The lowest BCUT2D eigenvalue weighted by Gasteiger charge is -2.11. The zero-order chi connectivity index (χ0) is 18.4. The predicted molar refractivity (Wildman–Crippen MR) is 104 cm³/mol. The highest BCUT2D eigenvalue weighted by Crippen LogP contribution is 2.34. The number of benzene rings is 2. The number of rotatable bonds is 7. The van der Waals surface area contributed by atoms with Gasteiger partial charge in [-0.3, -0.25) is 4.79 Å². The molecule has 3 aromatic rings. The number of carbonyl (C=O) groups is 1. The molecule has 5 nitrogen and oxygen atoms in total. The Morgan fingerprint density at radius 1 is 1.27 bits per heavy atom. The summed E-state index contributed by atoms with van der Waals surface area (Å²) in [6, 6.07) is 15.1. The first-order chi connectivity index (χ1) is 12.6. The summed E-state index contributed by atoms with van der Waals surface area (Å²) >= 11 is 7.54. The van der Waals surface area contributed by atoms with Crippen molar-refractivity contribution in [3.05, 3.63) is 71.5 Å². The van der Waals surface area contributed by atoms with Gasteiger partial charge in [0, 0.05) is 29.4 Å². The van der Waals surface area contributed by atoms with Crippen molar-refractivity contribution in [1.82, 2.24) is 9.55 Å². The summed E-state index contributed by atoms with van der Waals surface area (Å²) in [4.78, 5) is 17.4. The van der Waals surface area contributed by atoms with Crippen LogP contribution in [0.1, 0.15) is 5.56 Å². The molecule has 0 aliphatic rings. The van der Waals surface area contributed by atoms with Gasteiger partial charge in [-0.15, -0.1) is 0 Å². The molecule has 0 bridgehead atoms. The summed E-state index contributed by atoms with van der Waals surface area (Å²) in [7, 11) is 1.92. The van der Waals surface area contributed by atoms with Gasteiger partial charge in [0.05, 0.1) is 12.3 Å². The molecule has 0 fully saturated rings. The first-order valence-corrected chi connectivity index (χ1v) is 9.17. The fourth-order valence-electron chi connectivity index (χ4n) is 2.26. The van der Waals surface area contributed by atoms with E-state index in [1.54, 1.807) is 18.3 Å². The lowest BCUT2D eigenvalue weighted by molar-refractivity contribution is -0.121. The molecule has 0 saturated heterocycles. The average molecular weight is 388 g/mol. The summed E-state index contributed by atoms with van der Waals surface area (Å²) in [5.41, 5.74) is 1.66. The Balaban J connectivity index is 1.62. The zero-order valence-electron chi connectivity index (χ0n) is 14.2. The summed E-state index contributed by atoms with van der Waals surface area (Å²) in [5, 5.41) is 4.24. The van der Waals surface area contributed by atoms with Crippen LogP contribution in [0.2, 0.25) is 5.02 Å². The third kappa shape index (κ3) is 5.11. The SMILES string of the molecule is Cn1ccnc1Sc1ccc(Cl)cc1NC(=O)COCc1ccccc1. The number of aryl methyl sites for hydroxylation is 1. The minimum atomic E-state index is -0.232. The molecule has 7 heteroatoms. The number of ether oxygens (including phenoxy) is 1. The van der Waals surface area contributed by atoms with Crippen LogP contribution >= 0.6 is 23.4 Å². The number of imidazole rings is 1. The van der Waals surface area contributed by atoms with Crippen LogP contribution in [0.4, 0.5) is 5.69 Å². The van der Waals surface area contributed by atoms with Crippen molar-refractivity contribution in [2.45, 2.75) is 16.7 Å². The highest BCUT2D eigenvalue weighted by molar-refractivity contribution is 7.99. The summed E-state index contributed by atoms with van der Waals surface area (Å²) in [6.07, 6.45) is 3.60. The molecule has 2 aromatic carbocycles. The van der Waals surface area contributed by atoms with E-state index in [0.717, 1.165) is 15.6 Å². The molecular weight excluding hydrogens is 370 g/mol. The molecule has 1 amide bonds. The predicted octanol–water partition coefficient (Wildman–Crippen LogP) is 4.38. The Morgan fingerprint density at radius 3 is 2.81 bits per heavy atom. The van der Waals surface area contributed by atoms with Crippen molar-refractivity contribution in [2.75, 3.05) is 11.9 Å². The second kappa shape index (κ2) is 8.89. The Kier molecular flexibility index (Phi) is 6.33. The van der Waals surface area contributed by atoms with Gasteiger partial charge in [-0.25, -0.2) is 4.98 Å². The maximum absolute atomic E-state index is 12.2. The molecule has 0 aliphatic heterocycles. The molecule has 0 radical (unpaired) electrons. The van der Waals surface area contributed by atoms with Gasteiger partial charge < -0.3 is 14.6 Å². The molecule has 1 N–H and O–H groups in total. The Morgan fingerprint density at radius 2 is 2.08 bits per heavy atom. The van der Waals surface area contributed by atoms with E-state index in [0.29, 0.717) is 17.3 Å². The van der Waals surface area contributed by atoms with Gasteiger partial charge in [0.25, 0.3) is 0 Å². The van der Waals surface area contributed by atoms with Gasteiger partial charge in [0.15, 0.2) is 5.16 Å². The number of aromatic nitrogens is 2. The number of anilines is 1. The summed E-state index contributed by atoms with van der Waals surface area (Å²) in [6.45, 7) is 0.354. The van der Waals surface area contributed by atoms with Crippen molar-refractivity contribution in [1.29, 1.82) is 0 Å². The molecule has 3 rings (SSSR count). The fraction of sp³-hybridized carbons (Fsp3) is 0.158. The van der Waals surface area contributed by atoms with Crippen molar-refractivity contribution in [3.8, 4) is 0 Å². The molecule has 0 unspecified atom stereocenters. The van der Waals surface area contributed by atoms with Gasteiger partial charge >= 0.3 is 0 Å². The molecule has 0 spiro atoms. The van der Waals surface area contributed by atoms with E-state index in [1.807, 2.05) is 54.2 Å². The summed E-state index contributed by atoms with van der Waals surface area (Å²) < 4.78 is 7.39. The molecule has 1 aromatic heterocycles. The van der Waals surface area contributed by atoms with Crippen LogP contribution < -0.4 is 5.32 Å². The highest BCUT2D eigenvalue weighted by Gasteiger charge is 2.11. The minimum absolute atomic E-state index is 0.0338. The van der Waals surface area contributed by atoms with Gasteiger partial charge in [-0.05, 0) is 35.5 Å². The van der Waals surface area contributed by atoms with Crippen molar-refractivity contribution >= 4 is 35.0 Å². The molecule has 26 heavy (non-hydrogen) atoms. The Bertz CT molecular complexity index is 884. The van der Waals surface area contributed by atoms with Crippen LogP contribution in [0.25, 0.3) is 0 Å². The fourth-order valence-corrected chi connectivity index (χ4v) is 3.30. The van der Waals surface area contributed by atoms with Crippen LogP contribution in [-0.2, 0) is 23.2 Å². The van der Waals surface area contributed by atoms with Crippen LogP contribution in [0.15, 0.2) is 71.0 Å². The molecule has 0 saturated carbocycles. The number of carbonyl (C=O) groups excluding carboxylic acids is 1. The Labute approximate surface area is 161 Å². The topological polar surface area (TPSA) is 56.2 Å². The van der Waals surface area contributed by atoms with E-state index >= 15 is 0 Å². The second-order valence-corrected chi connectivity index (χ2v) is 7.04. The third-order valence-corrected chi connectivity index (χ3v) is 4.93. The molecular formula is C19H18ClN3O2S. The average Bonchev–Trinajstić information content (AvgIpc) is 3.03. The van der Waals surface area contributed by atoms with E-state index < -0.39 is 0 Å². The highest BCUT2D eigenvalue weighted by atomic mass is 35.5. The lowest BCUT2D eigenvalue weighted by atomic mass is 10.2. The number of nitrogens with one attached hydrogen (secondary N) is 1. The zero-order valence-corrected chi connectivity index (χ0v) is 15.8. The first-order valence-electron chi connectivity index (χ1n) is 7.98. The van der Waals surface area contributed by atoms with Gasteiger partial charge in [0.2, 0.25) is 5.91 Å². The third-order valence-electron chi connectivity index (χ3n) is 3.54. The van der Waals surface area contributed by atoms with E-state index in [9.17, 15) is 4.79 Å². The summed E-state index contributed by atoms with van der Waals surface area (Å²) in [5.74, 6) is -0.232. The molecule has 1 heterocycles.